The second kappa shape index (κ2) is 7.17. The van der Waals surface area contributed by atoms with Crippen molar-refractivity contribution in [1.82, 2.24) is 9.97 Å². The van der Waals surface area contributed by atoms with Crippen molar-refractivity contribution >= 4 is 17.5 Å². The van der Waals surface area contributed by atoms with Gasteiger partial charge in [0.05, 0.1) is 19.9 Å². The number of anilines is 3. The molecular formula is C17H22N4O2. The van der Waals surface area contributed by atoms with Gasteiger partial charge in [0, 0.05) is 18.3 Å². The molecule has 0 atom stereocenters. The Kier molecular flexibility index (Phi) is 4.80. The van der Waals surface area contributed by atoms with Crippen LogP contribution in [0.5, 0.6) is 11.5 Å². The average Bonchev–Trinajstić information content (AvgIpc) is 3.08. The van der Waals surface area contributed by atoms with E-state index in [1.165, 1.54) is 25.7 Å². The zero-order valence-corrected chi connectivity index (χ0v) is 13.5. The van der Waals surface area contributed by atoms with Crippen molar-refractivity contribution in [3.63, 3.8) is 0 Å². The van der Waals surface area contributed by atoms with Gasteiger partial charge in [-0.25, -0.2) is 4.98 Å². The zero-order valence-electron chi connectivity index (χ0n) is 13.5. The van der Waals surface area contributed by atoms with Gasteiger partial charge in [0.15, 0.2) is 0 Å². The van der Waals surface area contributed by atoms with Crippen LogP contribution in [-0.2, 0) is 0 Å². The molecule has 1 aromatic heterocycles. The third kappa shape index (κ3) is 3.83. The molecule has 0 unspecified atom stereocenters. The minimum atomic E-state index is 0.522. The van der Waals surface area contributed by atoms with Gasteiger partial charge in [0.1, 0.15) is 17.3 Å². The van der Waals surface area contributed by atoms with Crippen molar-refractivity contribution in [3.8, 4) is 11.5 Å². The molecule has 1 aliphatic rings. The minimum Gasteiger partial charge on any atom is -0.497 e. The number of ether oxygens (including phenoxy) is 2. The van der Waals surface area contributed by atoms with E-state index >= 15 is 0 Å². The van der Waals surface area contributed by atoms with Gasteiger partial charge in [-0.3, -0.25) is 0 Å². The number of benzene rings is 1. The highest BCUT2D eigenvalue weighted by atomic mass is 16.5. The van der Waals surface area contributed by atoms with Gasteiger partial charge in [0.25, 0.3) is 0 Å². The fourth-order valence-corrected chi connectivity index (χ4v) is 2.80. The van der Waals surface area contributed by atoms with Crippen LogP contribution in [0.3, 0.4) is 0 Å². The number of methoxy groups -OCH3 is 2. The van der Waals surface area contributed by atoms with Gasteiger partial charge in [0.2, 0.25) is 5.95 Å². The van der Waals surface area contributed by atoms with E-state index in [2.05, 4.69) is 20.6 Å². The van der Waals surface area contributed by atoms with Crippen LogP contribution in [0.2, 0.25) is 0 Å². The van der Waals surface area contributed by atoms with Crippen molar-refractivity contribution in [3.05, 3.63) is 30.5 Å². The Morgan fingerprint density at radius 3 is 2.65 bits per heavy atom. The minimum absolute atomic E-state index is 0.522. The fourth-order valence-electron chi connectivity index (χ4n) is 2.80. The molecule has 0 bridgehead atoms. The molecule has 0 radical (unpaired) electrons. The van der Waals surface area contributed by atoms with E-state index in [9.17, 15) is 0 Å². The predicted molar refractivity (Wildman–Crippen MR) is 90.7 cm³/mol. The summed E-state index contributed by atoms with van der Waals surface area (Å²) in [6, 6.07) is 8.00. The first-order valence-corrected chi connectivity index (χ1v) is 7.87. The van der Waals surface area contributed by atoms with Gasteiger partial charge in [-0.15, -0.1) is 0 Å². The number of nitrogens with zero attached hydrogens (tertiary/aromatic N) is 2. The van der Waals surface area contributed by atoms with E-state index in [0.717, 1.165) is 17.3 Å². The molecular weight excluding hydrogens is 292 g/mol. The van der Waals surface area contributed by atoms with Crippen LogP contribution < -0.4 is 20.1 Å². The molecule has 3 rings (SSSR count). The molecule has 0 amide bonds. The molecule has 6 heteroatoms. The third-order valence-corrected chi connectivity index (χ3v) is 4.02. The summed E-state index contributed by atoms with van der Waals surface area (Å²) >= 11 is 0. The van der Waals surface area contributed by atoms with Crippen molar-refractivity contribution in [2.75, 3.05) is 24.9 Å². The maximum absolute atomic E-state index is 5.38. The van der Waals surface area contributed by atoms with E-state index in [0.29, 0.717) is 17.7 Å². The molecule has 2 N–H and O–H groups in total. The topological polar surface area (TPSA) is 68.3 Å². The number of aromatic nitrogens is 2. The zero-order chi connectivity index (χ0) is 16.1. The van der Waals surface area contributed by atoms with Crippen LogP contribution in [0.4, 0.5) is 17.5 Å². The lowest BCUT2D eigenvalue weighted by Crippen LogP contribution is -2.15. The Balaban J connectivity index is 1.74. The summed E-state index contributed by atoms with van der Waals surface area (Å²) in [5, 5.41) is 6.67. The molecule has 1 heterocycles. The van der Waals surface area contributed by atoms with Crippen molar-refractivity contribution in [2.45, 2.75) is 31.7 Å². The lowest BCUT2D eigenvalue weighted by Gasteiger charge is -2.14. The largest absolute Gasteiger partial charge is 0.497 e. The standard InChI is InChI=1S/C17H22N4O2/c1-22-13-7-8-14(15(11-13)23-2)20-17-18-10-9-16(21-17)19-12-5-3-4-6-12/h7-12H,3-6H2,1-2H3,(H2,18,19,20,21). The van der Waals surface area contributed by atoms with Crippen molar-refractivity contribution in [2.24, 2.45) is 0 Å². The van der Waals surface area contributed by atoms with Gasteiger partial charge >= 0.3 is 0 Å². The SMILES string of the molecule is COc1ccc(Nc2nccc(NC3CCCC3)n2)c(OC)c1. The first-order chi connectivity index (χ1) is 11.3. The normalized spacial score (nSPS) is 14.5. The second-order valence-corrected chi connectivity index (χ2v) is 5.58. The third-order valence-electron chi connectivity index (χ3n) is 4.02. The molecule has 0 saturated heterocycles. The summed E-state index contributed by atoms with van der Waals surface area (Å²) in [6.07, 6.45) is 6.74. The molecule has 2 aromatic rings. The quantitative estimate of drug-likeness (QED) is 0.849. The molecule has 0 aliphatic heterocycles. The van der Waals surface area contributed by atoms with E-state index in [1.807, 2.05) is 24.3 Å². The lowest BCUT2D eigenvalue weighted by atomic mass is 10.2. The van der Waals surface area contributed by atoms with Gasteiger partial charge < -0.3 is 20.1 Å². The lowest BCUT2D eigenvalue weighted by molar-refractivity contribution is 0.395. The van der Waals surface area contributed by atoms with E-state index in [-0.39, 0.29) is 0 Å². The Bertz CT molecular complexity index is 657. The molecule has 1 fully saturated rings. The molecule has 23 heavy (non-hydrogen) atoms. The highest BCUT2D eigenvalue weighted by Gasteiger charge is 2.15. The van der Waals surface area contributed by atoms with Crippen molar-refractivity contribution in [1.29, 1.82) is 0 Å². The van der Waals surface area contributed by atoms with E-state index < -0.39 is 0 Å². The number of hydrogen-bond acceptors (Lipinski definition) is 6. The first-order valence-electron chi connectivity index (χ1n) is 7.87. The highest BCUT2D eigenvalue weighted by Crippen LogP contribution is 2.31. The molecule has 122 valence electrons. The van der Waals surface area contributed by atoms with Gasteiger partial charge in [-0.05, 0) is 31.0 Å². The molecule has 6 nitrogen and oxygen atoms in total. The van der Waals surface area contributed by atoms with Crippen molar-refractivity contribution < 1.29 is 9.47 Å². The second-order valence-electron chi connectivity index (χ2n) is 5.58. The van der Waals surface area contributed by atoms with Crippen LogP contribution in [0, 0.1) is 0 Å². The fraction of sp³-hybridized carbons (Fsp3) is 0.412. The average molecular weight is 314 g/mol. The smallest absolute Gasteiger partial charge is 0.229 e. The van der Waals surface area contributed by atoms with Crippen LogP contribution in [0.15, 0.2) is 30.5 Å². The maximum atomic E-state index is 5.38. The number of hydrogen-bond donors (Lipinski definition) is 2. The summed E-state index contributed by atoms with van der Waals surface area (Å²) in [7, 11) is 3.25. The van der Waals surface area contributed by atoms with E-state index in [1.54, 1.807) is 20.4 Å². The Hall–Kier alpha value is -2.50. The Morgan fingerprint density at radius 2 is 1.91 bits per heavy atom. The Morgan fingerprint density at radius 1 is 1.09 bits per heavy atom. The number of rotatable bonds is 6. The summed E-state index contributed by atoms with van der Waals surface area (Å²) in [4.78, 5) is 8.81. The predicted octanol–water partition coefficient (Wildman–Crippen LogP) is 3.59. The van der Waals surface area contributed by atoms with E-state index in [4.69, 9.17) is 9.47 Å². The molecule has 1 aromatic carbocycles. The summed E-state index contributed by atoms with van der Waals surface area (Å²) < 4.78 is 10.6. The molecule has 1 saturated carbocycles. The Labute approximate surface area is 136 Å². The van der Waals surface area contributed by atoms with Crippen LogP contribution in [0.25, 0.3) is 0 Å². The maximum Gasteiger partial charge on any atom is 0.229 e. The van der Waals surface area contributed by atoms with Gasteiger partial charge in [-0.1, -0.05) is 12.8 Å². The van der Waals surface area contributed by atoms with Crippen LogP contribution >= 0.6 is 0 Å². The molecule has 1 aliphatic carbocycles. The molecule has 0 spiro atoms. The number of nitrogens with one attached hydrogen (secondary N) is 2. The summed E-state index contributed by atoms with van der Waals surface area (Å²) in [5.41, 5.74) is 0.798. The monoisotopic (exact) mass is 314 g/mol. The van der Waals surface area contributed by atoms with Gasteiger partial charge in [-0.2, -0.15) is 4.98 Å². The summed E-state index contributed by atoms with van der Waals surface area (Å²) in [5.74, 6) is 2.81. The van der Waals surface area contributed by atoms with Crippen LogP contribution in [-0.4, -0.2) is 30.2 Å². The summed E-state index contributed by atoms with van der Waals surface area (Å²) in [6.45, 7) is 0. The highest BCUT2D eigenvalue weighted by molar-refractivity contribution is 5.64. The van der Waals surface area contributed by atoms with Crippen LogP contribution in [0.1, 0.15) is 25.7 Å². The first kappa shape index (κ1) is 15.4.